The first kappa shape index (κ1) is 30.8. The van der Waals surface area contributed by atoms with E-state index >= 15 is 0 Å². The Balaban J connectivity index is 0. The zero-order valence-corrected chi connectivity index (χ0v) is 17.8. The monoisotopic (exact) mass is 444 g/mol. The first-order valence-electron chi connectivity index (χ1n) is 10.3. The van der Waals surface area contributed by atoms with Gasteiger partial charge in [-0.05, 0) is 32.1 Å². The maximum atomic E-state index is 11.5. The zero-order chi connectivity index (χ0) is 21.4. The molecule has 0 amide bonds. The number of aliphatic carboxylic acids is 2. The van der Waals surface area contributed by atoms with Gasteiger partial charge in [0, 0.05) is 11.1 Å². The molecule has 7 nitrogen and oxygen atoms in total. The van der Waals surface area contributed by atoms with Crippen molar-refractivity contribution < 1.29 is 32.8 Å². The van der Waals surface area contributed by atoms with Crippen molar-refractivity contribution in [3.8, 4) is 0 Å². The van der Waals surface area contributed by atoms with E-state index in [0.717, 1.165) is 19.3 Å². The number of hydrogen-bond donors (Lipinski definition) is 3. The van der Waals surface area contributed by atoms with Crippen LogP contribution in [-0.4, -0.2) is 70.4 Å². The second-order valence-electron chi connectivity index (χ2n) is 7.24. The Hall–Kier alpha value is -0.410. The van der Waals surface area contributed by atoms with Crippen molar-refractivity contribution in [2.75, 3.05) is 5.75 Å². The quantitative estimate of drug-likeness (QED) is 0.125. The summed E-state index contributed by atoms with van der Waals surface area (Å²) < 4.78 is 30.1. The Kier molecular flexibility index (Phi) is 19.5. The van der Waals surface area contributed by atoms with Gasteiger partial charge in [0.15, 0.2) is 0 Å². The van der Waals surface area contributed by atoms with Gasteiger partial charge in [-0.15, -0.1) is 0 Å². The van der Waals surface area contributed by atoms with Gasteiger partial charge in [0.25, 0.3) is 10.1 Å². The van der Waals surface area contributed by atoms with Crippen LogP contribution in [0.2, 0.25) is 0 Å². The van der Waals surface area contributed by atoms with Gasteiger partial charge >= 0.3 is 41.5 Å². The molecule has 0 aliphatic rings. The molecule has 0 fully saturated rings. The van der Waals surface area contributed by atoms with E-state index in [-0.39, 0.29) is 66.4 Å². The van der Waals surface area contributed by atoms with Crippen molar-refractivity contribution >= 4 is 51.6 Å². The van der Waals surface area contributed by atoms with Crippen molar-refractivity contribution in [2.45, 2.75) is 96.8 Å². The maximum absolute atomic E-state index is 11.5. The molecular formula is C20H37NaO7S. The molecule has 0 aromatic carbocycles. The Bertz CT molecular complexity index is 600. The molecule has 3 N–H and O–H groups in total. The van der Waals surface area contributed by atoms with Crippen molar-refractivity contribution in [1.82, 2.24) is 0 Å². The molecular weight excluding hydrogens is 407 g/mol. The van der Waals surface area contributed by atoms with Crippen molar-refractivity contribution in [2.24, 2.45) is 0 Å². The molecule has 0 atom stereocenters. The molecule has 0 heterocycles. The van der Waals surface area contributed by atoms with Gasteiger partial charge in [0.1, 0.15) is 0 Å². The van der Waals surface area contributed by atoms with Crippen LogP contribution in [0.4, 0.5) is 0 Å². The predicted octanol–water partition coefficient (Wildman–Crippen LogP) is 4.17. The standard InChI is InChI=1S/C20H36O7S.Na.H/c1-2-3-4-5-6-7-8-9-10-11-14-17(19(21)22)18(20(23)24)15-12-13-16-28(25,26)27;;/h2-16H2,1H3,(H,21,22)(H,23,24)(H,25,26,27);;/b18-17-;;. The first-order chi connectivity index (χ1) is 13.2. The third kappa shape index (κ3) is 18.1. The van der Waals surface area contributed by atoms with Crippen molar-refractivity contribution in [3.63, 3.8) is 0 Å². The number of carbonyl (C=O) groups is 2. The number of unbranched alkanes of at least 4 members (excludes halogenated alkanes) is 10. The Morgan fingerprint density at radius 1 is 0.655 bits per heavy atom. The molecule has 0 radical (unpaired) electrons. The molecule has 0 aliphatic carbocycles. The van der Waals surface area contributed by atoms with Gasteiger partial charge in [0.2, 0.25) is 0 Å². The summed E-state index contributed by atoms with van der Waals surface area (Å²) in [5, 5.41) is 18.7. The van der Waals surface area contributed by atoms with Crippen LogP contribution < -0.4 is 0 Å². The topological polar surface area (TPSA) is 129 Å². The van der Waals surface area contributed by atoms with Crippen LogP contribution in [0.15, 0.2) is 11.1 Å². The molecule has 0 aromatic heterocycles. The Morgan fingerprint density at radius 3 is 1.34 bits per heavy atom. The third-order valence-electron chi connectivity index (χ3n) is 4.74. The second-order valence-corrected chi connectivity index (χ2v) is 8.81. The second kappa shape index (κ2) is 18.4. The predicted molar refractivity (Wildman–Crippen MR) is 116 cm³/mol. The molecule has 0 spiro atoms. The SMILES string of the molecule is CCCCCCCCCCCC/C(C(=O)O)=C(\CCCCS(=O)(=O)O)C(=O)O.[NaH]. The number of rotatable bonds is 18. The van der Waals surface area contributed by atoms with Gasteiger partial charge in [-0.2, -0.15) is 8.42 Å². The van der Waals surface area contributed by atoms with Gasteiger partial charge in [-0.1, -0.05) is 64.7 Å². The normalized spacial score (nSPS) is 12.2. The zero-order valence-electron chi connectivity index (χ0n) is 17.0. The summed E-state index contributed by atoms with van der Waals surface area (Å²) >= 11 is 0. The first-order valence-corrected chi connectivity index (χ1v) is 11.9. The molecule has 0 unspecified atom stereocenters. The fourth-order valence-corrected chi connectivity index (χ4v) is 3.72. The molecule has 0 saturated heterocycles. The van der Waals surface area contributed by atoms with Crippen LogP contribution in [0.1, 0.15) is 96.8 Å². The van der Waals surface area contributed by atoms with Crippen LogP contribution in [0.25, 0.3) is 0 Å². The van der Waals surface area contributed by atoms with Crippen LogP contribution >= 0.6 is 0 Å². The molecule has 0 saturated carbocycles. The molecule has 166 valence electrons. The van der Waals surface area contributed by atoms with E-state index in [1.54, 1.807) is 0 Å². The van der Waals surface area contributed by atoms with E-state index < -0.39 is 27.8 Å². The molecule has 9 heteroatoms. The minimum atomic E-state index is -4.09. The summed E-state index contributed by atoms with van der Waals surface area (Å²) in [6.45, 7) is 2.19. The average Bonchev–Trinajstić information content (AvgIpc) is 2.59. The van der Waals surface area contributed by atoms with E-state index in [1.165, 1.54) is 38.5 Å². The fourth-order valence-electron chi connectivity index (χ4n) is 3.15. The minimum absolute atomic E-state index is 0. The van der Waals surface area contributed by atoms with E-state index in [4.69, 9.17) is 4.55 Å². The summed E-state index contributed by atoms with van der Waals surface area (Å²) in [5.74, 6) is -2.97. The Labute approximate surface area is 197 Å². The van der Waals surface area contributed by atoms with E-state index in [1.807, 2.05) is 0 Å². The molecule has 0 aromatic rings. The van der Waals surface area contributed by atoms with Crippen molar-refractivity contribution in [3.05, 3.63) is 11.1 Å². The molecule has 0 aliphatic heterocycles. The number of hydrogen-bond acceptors (Lipinski definition) is 4. The van der Waals surface area contributed by atoms with Crippen LogP contribution in [0, 0.1) is 0 Å². The van der Waals surface area contributed by atoms with Crippen LogP contribution in [0.3, 0.4) is 0 Å². The van der Waals surface area contributed by atoms with E-state index in [9.17, 15) is 28.2 Å². The van der Waals surface area contributed by atoms with Gasteiger partial charge in [0.05, 0.1) is 5.75 Å². The van der Waals surface area contributed by atoms with Crippen LogP contribution in [0.5, 0.6) is 0 Å². The van der Waals surface area contributed by atoms with E-state index in [0.29, 0.717) is 6.42 Å². The van der Waals surface area contributed by atoms with E-state index in [2.05, 4.69) is 6.92 Å². The van der Waals surface area contributed by atoms with Crippen LogP contribution in [-0.2, 0) is 19.7 Å². The average molecular weight is 445 g/mol. The van der Waals surface area contributed by atoms with Gasteiger partial charge in [-0.3, -0.25) is 4.55 Å². The van der Waals surface area contributed by atoms with Crippen molar-refractivity contribution in [1.29, 1.82) is 0 Å². The Morgan fingerprint density at radius 2 is 1.00 bits per heavy atom. The fraction of sp³-hybridized carbons (Fsp3) is 0.800. The summed E-state index contributed by atoms with van der Waals surface area (Å²) in [5.41, 5.74) is -0.266. The van der Waals surface area contributed by atoms with Gasteiger partial charge < -0.3 is 10.2 Å². The molecule has 0 rings (SSSR count). The summed E-state index contributed by atoms with van der Waals surface area (Å²) in [7, 11) is -4.09. The molecule has 29 heavy (non-hydrogen) atoms. The van der Waals surface area contributed by atoms with Gasteiger partial charge in [-0.25, -0.2) is 9.59 Å². The molecule has 0 bridgehead atoms. The third-order valence-corrected chi connectivity index (χ3v) is 5.54. The number of carboxylic acid groups (broad SMARTS) is 2. The summed E-state index contributed by atoms with van der Waals surface area (Å²) in [4.78, 5) is 22.9. The number of carboxylic acids is 2. The summed E-state index contributed by atoms with van der Waals surface area (Å²) in [6.07, 6.45) is 11.5. The summed E-state index contributed by atoms with van der Waals surface area (Å²) in [6, 6.07) is 0.